The van der Waals surface area contributed by atoms with E-state index in [1.807, 2.05) is 13.8 Å². The minimum atomic E-state index is -0.309. The van der Waals surface area contributed by atoms with Gasteiger partial charge in [0.15, 0.2) is 11.6 Å². The van der Waals surface area contributed by atoms with Crippen molar-refractivity contribution in [2.45, 2.75) is 20.3 Å². The fourth-order valence-corrected chi connectivity index (χ4v) is 1.80. The van der Waals surface area contributed by atoms with Gasteiger partial charge in [-0.25, -0.2) is 4.98 Å². The molecule has 0 spiro atoms. The van der Waals surface area contributed by atoms with Crippen LogP contribution >= 0.6 is 0 Å². The van der Waals surface area contributed by atoms with Gasteiger partial charge in [-0.1, -0.05) is 26.0 Å². The molecular formula is C16H19N5O2. The predicted molar refractivity (Wildman–Crippen MR) is 88.8 cm³/mol. The van der Waals surface area contributed by atoms with Crippen molar-refractivity contribution in [3.05, 3.63) is 36.4 Å². The number of ether oxygens (including phenoxy) is 1. The first-order chi connectivity index (χ1) is 11.0. The van der Waals surface area contributed by atoms with E-state index in [1.54, 1.807) is 36.4 Å². The fraction of sp³-hybridized carbons (Fsp3) is 0.250. The second-order valence-corrected chi connectivity index (χ2v) is 5.38. The summed E-state index contributed by atoms with van der Waals surface area (Å²) >= 11 is 0. The van der Waals surface area contributed by atoms with Crippen LogP contribution in [0.4, 0.5) is 23.0 Å². The molecule has 0 atom stereocenters. The van der Waals surface area contributed by atoms with E-state index in [1.165, 1.54) is 0 Å². The Morgan fingerprint density at radius 3 is 2.52 bits per heavy atom. The van der Waals surface area contributed by atoms with Crippen LogP contribution in [0, 0.1) is 5.92 Å². The molecule has 0 saturated heterocycles. The largest absolute Gasteiger partial charge is 0.424 e. The Hall–Kier alpha value is -2.96. The molecule has 0 saturated carbocycles. The van der Waals surface area contributed by atoms with Crippen LogP contribution < -0.4 is 16.2 Å². The van der Waals surface area contributed by atoms with Gasteiger partial charge in [-0.15, -0.1) is 10.2 Å². The lowest BCUT2D eigenvalue weighted by Gasteiger charge is -2.07. The molecule has 0 radical (unpaired) electrons. The van der Waals surface area contributed by atoms with E-state index in [0.717, 1.165) is 0 Å². The average Bonchev–Trinajstić information content (AvgIpc) is 2.47. The summed E-state index contributed by atoms with van der Waals surface area (Å²) in [5.74, 6) is 0.754. The van der Waals surface area contributed by atoms with Crippen LogP contribution in [-0.4, -0.2) is 11.0 Å². The third-order valence-corrected chi connectivity index (χ3v) is 2.85. The second-order valence-electron chi connectivity index (χ2n) is 5.38. The van der Waals surface area contributed by atoms with Gasteiger partial charge >= 0.3 is 5.97 Å². The van der Waals surface area contributed by atoms with Gasteiger partial charge in [0.05, 0.1) is 0 Å². The molecule has 0 aliphatic carbocycles. The zero-order valence-electron chi connectivity index (χ0n) is 13.1. The SMILES string of the molecule is CC(C)CC(=O)Oc1ccccc1N=Nc1ccc(N)nc1N. The third-order valence-electron chi connectivity index (χ3n) is 2.85. The van der Waals surface area contributed by atoms with Crippen molar-refractivity contribution in [2.75, 3.05) is 11.5 Å². The Kier molecular flexibility index (Phi) is 5.24. The van der Waals surface area contributed by atoms with Crippen molar-refractivity contribution in [2.24, 2.45) is 16.1 Å². The highest BCUT2D eigenvalue weighted by atomic mass is 16.5. The summed E-state index contributed by atoms with van der Waals surface area (Å²) in [6.07, 6.45) is 0.334. The number of azo groups is 1. The van der Waals surface area contributed by atoms with E-state index in [4.69, 9.17) is 16.2 Å². The maximum absolute atomic E-state index is 11.8. The van der Waals surface area contributed by atoms with Crippen LogP contribution in [0.5, 0.6) is 5.75 Å². The topological polar surface area (TPSA) is 116 Å². The van der Waals surface area contributed by atoms with E-state index >= 15 is 0 Å². The van der Waals surface area contributed by atoms with Crippen LogP contribution in [0.25, 0.3) is 0 Å². The molecule has 0 unspecified atom stereocenters. The van der Waals surface area contributed by atoms with Crippen LogP contribution in [0.15, 0.2) is 46.6 Å². The number of carbonyl (C=O) groups excluding carboxylic acids is 1. The number of anilines is 2. The third kappa shape index (κ3) is 4.77. The van der Waals surface area contributed by atoms with Gasteiger partial charge in [0.1, 0.15) is 17.2 Å². The zero-order chi connectivity index (χ0) is 16.8. The minimum absolute atomic E-state index is 0.183. The van der Waals surface area contributed by atoms with E-state index in [0.29, 0.717) is 29.4 Å². The van der Waals surface area contributed by atoms with Gasteiger partial charge in [-0.3, -0.25) is 4.79 Å². The summed E-state index contributed by atoms with van der Waals surface area (Å²) in [4.78, 5) is 15.7. The highest BCUT2D eigenvalue weighted by Crippen LogP contribution is 2.30. The van der Waals surface area contributed by atoms with Crippen LogP contribution in [-0.2, 0) is 4.79 Å². The molecule has 1 heterocycles. The lowest BCUT2D eigenvalue weighted by atomic mass is 10.1. The maximum atomic E-state index is 11.8. The molecule has 0 aliphatic heterocycles. The average molecular weight is 313 g/mol. The van der Waals surface area contributed by atoms with Crippen molar-refractivity contribution in [3.63, 3.8) is 0 Å². The molecule has 2 aromatic rings. The Bertz CT molecular complexity index is 728. The van der Waals surface area contributed by atoms with Crippen molar-refractivity contribution < 1.29 is 9.53 Å². The summed E-state index contributed by atoms with van der Waals surface area (Å²) in [7, 11) is 0. The number of carbonyl (C=O) groups is 1. The number of nitrogens with zero attached hydrogens (tertiary/aromatic N) is 3. The molecule has 2 rings (SSSR count). The standard InChI is InChI=1S/C16H19N5O2/c1-10(2)9-15(22)23-13-6-4-3-5-11(13)20-21-12-7-8-14(17)19-16(12)18/h3-8,10H,9H2,1-2H3,(H4,17,18,19). The number of hydrogen-bond donors (Lipinski definition) is 2. The molecule has 120 valence electrons. The number of aromatic nitrogens is 1. The quantitative estimate of drug-likeness (QED) is 0.497. The van der Waals surface area contributed by atoms with Crippen molar-refractivity contribution in [3.8, 4) is 5.75 Å². The lowest BCUT2D eigenvalue weighted by Crippen LogP contribution is -2.10. The van der Waals surface area contributed by atoms with Crippen molar-refractivity contribution >= 4 is 29.0 Å². The van der Waals surface area contributed by atoms with Gasteiger partial charge in [0, 0.05) is 6.42 Å². The molecule has 4 N–H and O–H groups in total. The predicted octanol–water partition coefficient (Wildman–Crippen LogP) is 3.61. The Morgan fingerprint density at radius 2 is 1.83 bits per heavy atom. The summed E-state index contributed by atoms with van der Waals surface area (Å²) in [5, 5.41) is 8.12. The molecule has 1 aromatic heterocycles. The van der Waals surface area contributed by atoms with E-state index < -0.39 is 0 Å². The van der Waals surface area contributed by atoms with Gasteiger partial charge in [0.25, 0.3) is 0 Å². The first kappa shape index (κ1) is 16.4. The van der Waals surface area contributed by atoms with Crippen LogP contribution in [0.1, 0.15) is 20.3 Å². The number of nitrogen functional groups attached to an aromatic ring is 2. The number of pyridine rings is 1. The highest BCUT2D eigenvalue weighted by molar-refractivity contribution is 5.74. The number of para-hydroxylation sites is 1. The first-order valence-corrected chi connectivity index (χ1v) is 7.19. The molecule has 0 fully saturated rings. The van der Waals surface area contributed by atoms with Crippen molar-refractivity contribution in [1.82, 2.24) is 4.98 Å². The van der Waals surface area contributed by atoms with E-state index in [2.05, 4.69) is 15.2 Å². The Balaban J connectivity index is 2.20. The molecule has 0 aliphatic rings. The molecule has 23 heavy (non-hydrogen) atoms. The second kappa shape index (κ2) is 7.35. The normalized spacial score (nSPS) is 11.1. The summed E-state index contributed by atoms with van der Waals surface area (Å²) < 4.78 is 5.33. The molecule has 7 heteroatoms. The van der Waals surface area contributed by atoms with Crippen molar-refractivity contribution in [1.29, 1.82) is 0 Å². The summed E-state index contributed by atoms with van der Waals surface area (Å²) in [6, 6.07) is 10.1. The summed E-state index contributed by atoms with van der Waals surface area (Å²) in [5.41, 5.74) is 12.1. The number of rotatable bonds is 5. The maximum Gasteiger partial charge on any atom is 0.311 e. The smallest absolute Gasteiger partial charge is 0.311 e. The Labute approximate surface area is 134 Å². The van der Waals surface area contributed by atoms with Crippen LogP contribution in [0.3, 0.4) is 0 Å². The monoisotopic (exact) mass is 313 g/mol. The number of hydrogen-bond acceptors (Lipinski definition) is 7. The molecule has 7 nitrogen and oxygen atoms in total. The number of esters is 1. The lowest BCUT2D eigenvalue weighted by molar-refractivity contribution is -0.135. The Morgan fingerprint density at radius 1 is 1.13 bits per heavy atom. The zero-order valence-corrected chi connectivity index (χ0v) is 13.1. The van der Waals surface area contributed by atoms with Crippen LogP contribution in [0.2, 0.25) is 0 Å². The fourth-order valence-electron chi connectivity index (χ4n) is 1.80. The highest BCUT2D eigenvalue weighted by Gasteiger charge is 2.10. The molecule has 1 aromatic carbocycles. The van der Waals surface area contributed by atoms with E-state index in [9.17, 15) is 4.79 Å². The van der Waals surface area contributed by atoms with Gasteiger partial charge in [0.2, 0.25) is 0 Å². The number of nitrogens with two attached hydrogens (primary N) is 2. The summed E-state index contributed by atoms with van der Waals surface area (Å²) in [6.45, 7) is 3.90. The minimum Gasteiger partial charge on any atom is -0.424 e. The number of benzene rings is 1. The van der Waals surface area contributed by atoms with Gasteiger partial charge < -0.3 is 16.2 Å². The first-order valence-electron chi connectivity index (χ1n) is 7.19. The van der Waals surface area contributed by atoms with Gasteiger partial charge in [-0.2, -0.15) is 0 Å². The van der Waals surface area contributed by atoms with Gasteiger partial charge in [-0.05, 0) is 30.2 Å². The molecule has 0 amide bonds. The molecular weight excluding hydrogens is 294 g/mol. The van der Waals surface area contributed by atoms with E-state index in [-0.39, 0.29) is 17.7 Å². The molecule has 0 bridgehead atoms.